The van der Waals surface area contributed by atoms with Gasteiger partial charge in [0.1, 0.15) is 0 Å². The molecule has 27 heavy (non-hydrogen) atoms. The molecule has 1 atom stereocenters. The van der Waals surface area contributed by atoms with Crippen molar-refractivity contribution in [2.45, 2.75) is 38.2 Å². The molecule has 154 valence electrons. The lowest BCUT2D eigenvalue weighted by Gasteiger charge is -2.37. The second kappa shape index (κ2) is 9.98. The Morgan fingerprint density at radius 2 is 1.85 bits per heavy atom. The molecule has 3 aliphatic heterocycles. The van der Waals surface area contributed by atoms with E-state index in [1.54, 1.807) is 11.8 Å². The first-order valence-corrected chi connectivity index (χ1v) is 11.6. The summed E-state index contributed by atoms with van der Waals surface area (Å²) >= 11 is 1.80. The van der Waals surface area contributed by atoms with Crippen molar-refractivity contribution in [3.8, 4) is 0 Å². The van der Waals surface area contributed by atoms with Crippen LogP contribution >= 0.6 is 11.8 Å². The summed E-state index contributed by atoms with van der Waals surface area (Å²) in [7, 11) is 0. The average Bonchev–Trinajstić information content (AvgIpc) is 3.13. The number of thioether (sulfide) groups is 1. The van der Waals surface area contributed by atoms with Gasteiger partial charge in [0, 0.05) is 51.6 Å². The molecule has 3 saturated heterocycles. The Morgan fingerprint density at radius 3 is 2.48 bits per heavy atom. The van der Waals surface area contributed by atoms with Crippen molar-refractivity contribution in [3.63, 3.8) is 0 Å². The molecule has 0 radical (unpaired) electrons. The lowest BCUT2D eigenvalue weighted by atomic mass is 10.0. The number of piperazine rings is 1. The lowest BCUT2D eigenvalue weighted by Crippen LogP contribution is -2.54. The zero-order chi connectivity index (χ0) is 19.1. The van der Waals surface area contributed by atoms with Gasteiger partial charge in [-0.15, -0.1) is 0 Å². The summed E-state index contributed by atoms with van der Waals surface area (Å²) in [5, 5.41) is 13.9. The first kappa shape index (κ1) is 20.7. The second-order valence-corrected chi connectivity index (χ2v) is 9.01. The molecule has 3 fully saturated rings. The summed E-state index contributed by atoms with van der Waals surface area (Å²) in [6.45, 7) is 9.25. The van der Waals surface area contributed by atoms with E-state index in [0.717, 1.165) is 82.5 Å². The average molecular weight is 398 g/mol. The Balaban J connectivity index is 1.47. The minimum absolute atomic E-state index is 0.282. The standard InChI is InChI=1S/C19H35N5O2S/c1-2-20-18(21-15-19(26)6-13-27-16-19)24-11-9-22(10-12-24)14-17(25)23-7-4-3-5-8-23/h26H,2-16H2,1H3,(H,20,21). The van der Waals surface area contributed by atoms with Crippen LogP contribution in [-0.2, 0) is 4.79 Å². The van der Waals surface area contributed by atoms with Gasteiger partial charge in [0.15, 0.2) is 5.96 Å². The van der Waals surface area contributed by atoms with Gasteiger partial charge in [0.2, 0.25) is 5.91 Å². The third-order valence-corrected chi connectivity index (χ3v) is 6.91. The van der Waals surface area contributed by atoms with Crippen molar-refractivity contribution >= 4 is 23.6 Å². The third-order valence-electron chi connectivity index (χ3n) is 5.68. The Hall–Kier alpha value is -0.990. The number of nitrogens with one attached hydrogen (secondary N) is 1. The summed E-state index contributed by atoms with van der Waals surface area (Å²) in [6.07, 6.45) is 4.37. The number of carbonyl (C=O) groups excluding carboxylic acids is 1. The number of piperidine rings is 1. The molecular weight excluding hydrogens is 362 g/mol. The third kappa shape index (κ3) is 5.99. The zero-order valence-electron chi connectivity index (χ0n) is 16.7. The minimum Gasteiger partial charge on any atom is -0.387 e. The summed E-state index contributed by atoms with van der Waals surface area (Å²) in [5.41, 5.74) is -0.645. The molecule has 0 spiro atoms. The van der Waals surface area contributed by atoms with E-state index in [4.69, 9.17) is 4.99 Å². The molecule has 0 aromatic rings. The Bertz CT molecular complexity index is 510. The lowest BCUT2D eigenvalue weighted by molar-refractivity contribution is -0.133. The van der Waals surface area contributed by atoms with Gasteiger partial charge < -0.3 is 20.2 Å². The predicted octanol–water partition coefficient (Wildman–Crippen LogP) is 0.450. The number of aliphatic imine (C=N–C) groups is 1. The molecule has 3 heterocycles. The summed E-state index contributed by atoms with van der Waals surface area (Å²) in [4.78, 5) is 23.8. The molecule has 0 saturated carbocycles. The molecular formula is C19H35N5O2S. The highest BCUT2D eigenvalue weighted by molar-refractivity contribution is 7.99. The van der Waals surface area contributed by atoms with Crippen LogP contribution in [0.1, 0.15) is 32.6 Å². The highest BCUT2D eigenvalue weighted by Gasteiger charge is 2.32. The smallest absolute Gasteiger partial charge is 0.236 e. The van der Waals surface area contributed by atoms with Gasteiger partial charge in [-0.2, -0.15) is 11.8 Å². The molecule has 0 aliphatic carbocycles. The van der Waals surface area contributed by atoms with Crippen LogP contribution in [0.25, 0.3) is 0 Å². The highest BCUT2D eigenvalue weighted by atomic mass is 32.2. The topological polar surface area (TPSA) is 71.4 Å². The molecule has 8 heteroatoms. The summed E-state index contributed by atoms with van der Waals surface area (Å²) < 4.78 is 0. The van der Waals surface area contributed by atoms with Crippen LogP contribution in [0.15, 0.2) is 4.99 Å². The van der Waals surface area contributed by atoms with E-state index in [1.165, 1.54) is 6.42 Å². The van der Waals surface area contributed by atoms with Crippen LogP contribution in [0.4, 0.5) is 0 Å². The van der Waals surface area contributed by atoms with E-state index < -0.39 is 5.60 Å². The molecule has 7 nitrogen and oxygen atoms in total. The van der Waals surface area contributed by atoms with E-state index in [2.05, 4.69) is 22.0 Å². The van der Waals surface area contributed by atoms with Crippen molar-refractivity contribution in [3.05, 3.63) is 0 Å². The monoisotopic (exact) mass is 397 g/mol. The highest BCUT2D eigenvalue weighted by Crippen LogP contribution is 2.28. The number of nitrogens with zero attached hydrogens (tertiary/aromatic N) is 4. The van der Waals surface area contributed by atoms with Crippen molar-refractivity contribution in [2.24, 2.45) is 4.99 Å². The van der Waals surface area contributed by atoms with Crippen LogP contribution in [0, 0.1) is 0 Å². The van der Waals surface area contributed by atoms with Crippen molar-refractivity contribution in [2.75, 3.05) is 70.4 Å². The number of guanidine groups is 1. The molecule has 0 bridgehead atoms. The van der Waals surface area contributed by atoms with Crippen LogP contribution < -0.4 is 5.32 Å². The number of rotatable bonds is 5. The van der Waals surface area contributed by atoms with Crippen molar-refractivity contribution in [1.82, 2.24) is 20.0 Å². The largest absolute Gasteiger partial charge is 0.387 e. The van der Waals surface area contributed by atoms with Gasteiger partial charge in [-0.3, -0.25) is 14.7 Å². The molecule has 0 aromatic heterocycles. The number of likely N-dealkylation sites (tertiary alicyclic amines) is 1. The Morgan fingerprint density at radius 1 is 1.11 bits per heavy atom. The van der Waals surface area contributed by atoms with Crippen LogP contribution in [0.3, 0.4) is 0 Å². The number of aliphatic hydroxyl groups is 1. The molecule has 0 aromatic carbocycles. The Kier molecular flexibility index (Phi) is 7.66. The maximum atomic E-state index is 12.5. The van der Waals surface area contributed by atoms with Crippen LogP contribution in [0.5, 0.6) is 0 Å². The van der Waals surface area contributed by atoms with E-state index in [-0.39, 0.29) is 5.91 Å². The van der Waals surface area contributed by atoms with Crippen LogP contribution in [-0.4, -0.2) is 108 Å². The predicted molar refractivity (Wildman–Crippen MR) is 111 cm³/mol. The van der Waals surface area contributed by atoms with Crippen LogP contribution in [0.2, 0.25) is 0 Å². The van der Waals surface area contributed by atoms with Gasteiger partial charge in [0.05, 0.1) is 18.7 Å². The van der Waals surface area contributed by atoms with Gasteiger partial charge in [-0.1, -0.05) is 0 Å². The van der Waals surface area contributed by atoms with Gasteiger partial charge >= 0.3 is 0 Å². The fourth-order valence-corrected chi connectivity index (χ4v) is 5.21. The fourth-order valence-electron chi connectivity index (χ4n) is 3.92. The Labute approximate surface area is 167 Å². The van der Waals surface area contributed by atoms with E-state index in [1.807, 2.05) is 4.90 Å². The van der Waals surface area contributed by atoms with E-state index in [9.17, 15) is 9.90 Å². The first-order chi connectivity index (χ1) is 13.1. The SMILES string of the molecule is CCNC(=NCC1(O)CCSC1)N1CCN(CC(=O)N2CCCCC2)CC1. The van der Waals surface area contributed by atoms with E-state index >= 15 is 0 Å². The quantitative estimate of drug-likeness (QED) is 0.519. The minimum atomic E-state index is -0.645. The van der Waals surface area contributed by atoms with Gasteiger partial charge in [-0.05, 0) is 38.4 Å². The summed E-state index contributed by atoms with van der Waals surface area (Å²) in [5.74, 6) is 2.98. The maximum Gasteiger partial charge on any atom is 0.236 e. The molecule has 3 aliphatic rings. The maximum absolute atomic E-state index is 12.5. The second-order valence-electron chi connectivity index (χ2n) is 7.90. The van der Waals surface area contributed by atoms with Crippen molar-refractivity contribution < 1.29 is 9.90 Å². The molecule has 1 amide bonds. The number of hydrogen-bond donors (Lipinski definition) is 2. The molecule has 2 N–H and O–H groups in total. The number of amides is 1. The molecule has 3 rings (SSSR count). The normalized spacial score (nSPS) is 27.9. The first-order valence-electron chi connectivity index (χ1n) is 10.4. The zero-order valence-corrected chi connectivity index (χ0v) is 17.5. The molecule has 1 unspecified atom stereocenters. The summed E-state index contributed by atoms with van der Waals surface area (Å²) in [6, 6.07) is 0. The fraction of sp³-hybridized carbons (Fsp3) is 0.895. The number of hydrogen-bond acceptors (Lipinski definition) is 5. The van der Waals surface area contributed by atoms with Gasteiger partial charge in [0.25, 0.3) is 0 Å². The van der Waals surface area contributed by atoms with Crippen molar-refractivity contribution in [1.29, 1.82) is 0 Å². The van der Waals surface area contributed by atoms with E-state index in [0.29, 0.717) is 13.1 Å². The number of carbonyl (C=O) groups is 1. The van der Waals surface area contributed by atoms with Gasteiger partial charge in [-0.25, -0.2) is 0 Å².